The highest BCUT2D eigenvalue weighted by Gasteiger charge is 2.29. The molecule has 6 heteroatoms. The summed E-state index contributed by atoms with van der Waals surface area (Å²) in [5.74, 6) is 1.74. The number of carbonyl (C=O) groups excluding carboxylic acids is 1. The van der Waals surface area contributed by atoms with Crippen LogP contribution in [0.15, 0.2) is 4.52 Å². The third-order valence-corrected chi connectivity index (χ3v) is 3.08. The number of aromatic nitrogens is 2. The maximum absolute atomic E-state index is 11.1. The fraction of sp³-hybridized carbons (Fsp3) is 0.750. The van der Waals surface area contributed by atoms with Crippen LogP contribution in [0, 0.1) is 0 Å². The lowest BCUT2D eigenvalue weighted by atomic mass is 10.3. The lowest BCUT2D eigenvalue weighted by molar-refractivity contribution is -0.141. The molecule has 1 saturated carbocycles. The van der Waals surface area contributed by atoms with E-state index in [2.05, 4.69) is 19.8 Å². The molecule has 2 rings (SSSR count). The van der Waals surface area contributed by atoms with E-state index in [0.717, 1.165) is 25.3 Å². The molecule has 0 amide bonds. The minimum atomic E-state index is -0.194. The van der Waals surface area contributed by atoms with E-state index in [9.17, 15) is 4.79 Å². The normalized spacial score (nSPS) is 15.1. The first kappa shape index (κ1) is 13.0. The van der Waals surface area contributed by atoms with Crippen LogP contribution in [0.4, 0.5) is 0 Å². The summed E-state index contributed by atoms with van der Waals surface area (Å²) in [6, 6.07) is 0. The van der Waals surface area contributed by atoms with Gasteiger partial charge in [0.05, 0.1) is 20.1 Å². The monoisotopic (exact) mass is 253 g/mol. The molecule has 100 valence electrons. The Kier molecular flexibility index (Phi) is 4.30. The molecular weight excluding hydrogens is 234 g/mol. The van der Waals surface area contributed by atoms with Gasteiger partial charge >= 0.3 is 5.97 Å². The highest BCUT2D eigenvalue weighted by Crippen LogP contribution is 2.38. The van der Waals surface area contributed by atoms with Crippen LogP contribution in [0.3, 0.4) is 0 Å². The van der Waals surface area contributed by atoms with Gasteiger partial charge in [-0.3, -0.25) is 9.69 Å². The van der Waals surface area contributed by atoms with Gasteiger partial charge in [-0.1, -0.05) is 12.1 Å². The number of methoxy groups -OCH3 is 1. The molecule has 6 nitrogen and oxygen atoms in total. The molecule has 0 aromatic carbocycles. The van der Waals surface area contributed by atoms with Gasteiger partial charge in [0.1, 0.15) is 0 Å². The Hall–Kier alpha value is -1.43. The minimum Gasteiger partial charge on any atom is -0.469 e. The van der Waals surface area contributed by atoms with Gasteiger partial charge in [0.15, 0.2) is 5.82 Å². The summed E-state index contributed by atoms with van der Waals surface area (Å²) in [5.41, 5.74) is 0. The number of esters is 1. The highest BCUT2D eigenvalue weighted by atomic mass is 16.5. The van der Waals surface area contributed by atoms with Crippen molar-refractivity contribution in [1.29, 1.82) is 0 Å². The molecule has 0 bridgehead atoms. The van der Waals surface area contributed by atoms with E-state index >= 15 is 0 Å². The number of carbonyl (C=O) groups is 1. The van der Waals surface area contributed by atoms with Crippen molar-refractivity contribution in [3.63, 3.8) is 0 Å². The highest BCUT2D eigenvalue weighted by molar-refractivity contribution is 5.69. The van der Waals surface area contributed by atoms with Gasteiger partial charge < -0.3 is 9.26 Å². The SMILES string of the molecule is CCN(CCC(=O)OC)Cc1noc(C2CC2)n1. The Morgan fingerprint density at radius 1 is 1.56 bits per heavy atom. The number of hydrogen-bond acceptors (Lipinski definition) is 6. The topological polar surface area (TPSA) is 68.5 Å². The molecule has 18 heavy (non-hydrogen) atoms. The third-order valence-electron chi connectivity index (χ3n) is 3.08. The molecule has 1 aromatic rings. The van der Waals surface area contributed by atoms with Gasteiger partial charge in [-0.15, -0.1) is 0 Å². The zero-order chi connectivity index (χ0) is 13.0. The average molecular weight is 253 g/mol. The van der Waals surface area contributed by atoms with Gasteiger partial charge in [0, 0.05) is 12.5 Å². The standard InChI is InChI=1S/C12H19N3O3/c1-3-15(7-6-11(16)17-2)8-10-13-12(18-14-10)9-4-5-9/h9H,3-8H2,1-2H3. The second-order valence-electron chi connectivity index (χ2n) is 4.52. The Labute approximate surface area is 106 Å². The zero-order valence-corrected chi connectivity index (χ0v) is 10.9. The van der Waals surface area contributed by atoms with Crippen molar-refractivity contribution >= 4 is 5.97 Å². The smallest absolute Gasteiger partial charge is 0.306 e. The van der Waals surface area contributed by atoms with Crippen molar-refractivity contribution in [3.05, 3.63) is 11.7 Å². The lowest BCUT2D eigenvalue weighted by Gasteiger charge is -2.17. The maximum atomic E-state index is 11.1. The van der Waals surface area contributed by atoms with Crippen LogP contribution in [0.25, 0.3) is 0 Å². The van der Waals surface area contributed by atoms with Crippen molar-refractivity contribution in [2.45, 2.75) is 38.6 Å². The largest absolute Gasteiger partial charge is 0.469 e. The van der Waals surface area contributed by atoms with Gasteiger partial charge in [-0.05, 0) is 19.4 Å². The van der Waals surface area contributed by atoms with E-state index in [1.54, 1.807) is 0 Å². The van der Waals surface area contributed by atoms with E-state index in [1.165, 1.54) is 7.11 Å². The molecule has 1 aliphatic rings. The first-order valence-corrected chi connectivity index (χ1v) is 6.34. The summed E-state index contributed by atoms with van der Waals surface area (Å²) in [6.45, 7) is 4.14. The third kappa shape index (κ3) is 3.53. The number of hydrogen-bond donors (Lipinski definition) is 0. The molecule has 0 atom stereocenters. The summed E-state index contributed by atoms with van der Waals surface area (Å²) in [7, 11) is 1.40. The Balaban J connectivity index is 1.82. The van der Waals surface area contributed by atoms with Crippen LogP contribution in [0.2, 0.25) is 0 Å². The zero-order valence-electron chi connectivity index (χ0n) is 10.9. The van der Waals surface area contributed by atoms with Crippen LogP contribution < -0.4 is 0 Å². The molecule has 1 aromatic heterocycles. The van der Waals surface area contributed by atoms with Gasteiger partial charge in [0.25, 0.3) is 0 Å². The van der Waals surface area contributed by atoms with E-state index in [-0.39, 0.29) is 5.97 Å². The number of ether oxygens (including phenoxy) is 1. The number of rotatable bonds is 7. The molecule has 0 saturated heterocycles. The first-order valence-electron chi connectivity index (χ1n) is 6.34. The molecule has 0 radical (unpaired) electrons. The van der Waals surface area contributed by atoms with Crippen molar-refractivity contribution < 1.29 is 14.1 Å². The van der Waals surface area contributed by atoms with Gasteiger partial charge in [-0.25, -0.2) is 0 Å². The van der Waals surface area contributed by atoms with Crippen LogP contribution in [0.1, 0.15) is 43.8 Å². The van der Waals surface area contributed by atoms with Gasteiger partial charge in [-0.2, -0.15) is 4.98 Å². The van der Waals surface area contributed by atoms with Crippen LogP contribution >= 0.6 is 0 Å². The summed E-state index contributed by atoms with van der Waals surface area (Å²) in [6.07, 6.45) is 2.70. The number of nitrogens with zero attached hydrogens (tertiary/aromatic N) is 3. The van der Waals surface area contributed by atoms with E-state index < -0.39 is 0 Å². The minimum absolute atomic E-state index is 0.194. The molecule has 1 aliphatic carbocycles. The molecule has 1 heterocycles. The fourth-order valence-electron chi connectivity index (χ4n) is 1.73. The Morgan fingerprint density at radius 3 is 2.94 bits per heavy atom. The Morgan fingerprint density at radius 2 is 2.33 bits per heavy atom. The summed E-state index contributed by atoms with van der Waals surface area (Å²) < 4.78 is 9.83. The molecule has 0 N–H and O–H groups in total. The van der Waals surface area contributed by atoms with Crippen molar-refractivity contribution in [1.82, 2.24) is 15.0 Å². The fourth-order valence-corrected chi connectivity index (χ4v) is 1.73. The van der Waals surface area contributed by atoms with E-state index in [4.69, 9.17) is 4.52 Å². The van der Waals surface area contributed by atoms with Crippen LogP contribution in [0.5, 0.6) is 0 Å². The van der Waals surface area contributed by atoms with Crippen molar-refractivity contribution in [2.24, 2.45) is 0 Å². The molecule has 0 aliphatic heterocycles. The quantitative estimate of drug-likeness (QED) is 0.683. The summed E-state index contributed by atoms with van der Waals surface area (Å²) in [5, 5.41) is 3.97. The molecular formula is C12H19N3O3. The lowest BCUT2D eigenvalue weighted by Crippen LogP contribution is -2.26. The predicted octanol–water partition coefficient (Wildman–Crippen LogP) is 1.33. The first-order chi connectivity index (χ1) is 8.72. The van der Waals surface area contributed by atoms with E-state index in [1.807, 2.05) is 6.92 Å². The van der Waals surface area contributed by atoms with Crippen molar-refractivity contribution in [2.75, 3.05) is 20.2 Å². The second kappa shape index (κ2) is 5.95. The van der Waals surface area contributed by atoms with Crippen LogP contribution in [-0.2, 0) is 16.1 Å². The summed E-state index contributed by atoms with van der Waals surface area (Å²) >= 11 is 0. The van der Waals surface area contributed by atoms with Crippen LogP contribution in [-0.4, -0.2) is 41.2 Å². The van der Waals surface area contributed by atoms with E-state index in [0.29, 0.717) is 31.3 Å². The maximum Gasteiger partial charge on any atom is 0.306 e. The second-order valence-corrected chi connectivity index (χ2v) is 4.52. The van der Waals surface area contributed by atoms with Crippen molar-refractivity contribution in [3.8, 4) is 0 Å². The predicted molar refractivity (Wildman–Crippen MR) is 63.9 cm³/mol. The molecule has 0 spiro atoms. The summed E-state index contributed by atoms with van der Waals surface area (Å²) in [4.78, 5) is 17.6. The molecule has 0 unspecified atom stereocenters. The average Bonchev–Trinajstić information content (AvgIpc) is 3.14. The Bertz CT molecular complexity index is 401. The van der Waals surface area contributed by atoms with Gasteiger partial charge in [0.2, 0.25) is 5.89 Å². The molecule has 1 fully saturated rings.